The summed E-state index contributed by atoms with van der Waals surface area (Å²) in [6, 6.07) is 31.4. The zero-order chi connectivity index (χ0) is 22.9. The Bertz CT molecular complexity index is 1390. The molecule has 0 fully saturated rings. The van der Waals surface area contributed by atoms with Crippen molar-refractivity contribution >= 4 is 21.8 Å². The minimum Gasteiger partial charge on any atom is -0.332 e. The van der Waals surface area contributed by atoms with E-state index in [-0.39, 0.29) is 20.1 Å². The molecule has 0 aliphatic heterocycles. The summed E-state index contributed by atoms with van der Waals surface area (Å²) >= 11 is 0. The Balaban J connectivity index is 0.00000274. The maximum Gasteiger partial charge on any atom is 0.0781 e. The summed E-state index contributed by atoms with van der Waals surface area (Å²) < 4.78 is 2.43. The van der Waals surface area contributed by atoms with Crippen molar-refractivity contribution in [2.24, 2.45) is 11.8 Å². The Morgan fingerprint density at radius 1 is 0.765 bits per heavy atom. The second-order valence-electron chi connectivity index (χ2n) is 9.82. The predicted octanol–water partition coefficient (Wildman–Crippen LogP) is 8.04. The van der Waals surface area contributed by atoms with E-state index in [0.29, 0.717) is 11.8 Å². The molecule has 0 unspecified atom stereocenters. The molecule has 2 nitrogen and oxygen atoms in total. The average Bonchev–Trinajstić information content (AvgIpc) is 3.19. The Morgan fingerprint density at radius 3 is 2.09 bits per heavy atom. The third-order valence-electron chi connectivity index (χ3n) is 6.17. The van der Waals surface area contributed by atoms with Gasteiger partial charge in [0.25, 0.3) is 0 Å². The first-order valence-corrected chi connectivity index (χ1v) is 12.0. The number of nitrogens with zero attached hydrogens (tertiary/aromatic N) is 2. The van der Waals surface area contributed by atoms with Crippen LogP contribution in [0.3, 0.4) is 0 Å². The van der Waals surface area contributed by atoms with Crippen LogP contribution in [0.1, 0.15) is 38.8 Å². The first kappa shape index (κ1) is 24.4. The number of hydrogen-bond donors (Lipinski definition) is 0. The van der Waals surface area contributed by atoms with Crippen molar-refractivity contribution in [3.05, 3.63) is 96.1 Å². The van der Waals surface area contributed by atoms with Crippen LogP contribution in [0, 0.1) is 17.9 Å². The number of fused-ring (bicyclic) bond motifs is 3. The summed E-state index contributed by atoms with van der Waals surface area (Å²) in [4.78, 5) is 5.18. The van der Waals surface area contributed by atoms with E-state index >= 15 is 0 Å². The van der Waals surface area contributed by atoms with Gasteiger partial charge in [-0.25, -0.2) is 0 Å². The van der Waals surface area contributed by atoms with Gasteiger partial charge < -0.3 is 4.57 Å². The van der Waals surface area contributed by atoms with Crippen LogP contribution >= 0.6 is 0 Å². The molecule has 0 aliphatic rings. The summed E-state index contributed by atoms with van der Waals surface area (Å²) in [5, 5.41) is 2.47. The van der Waals surface area contributed by atoms with E-state index in [1.807, 2.05) is 12.1 Å². The van der Waals surface area contributed by atoms with Crippen LogP contribution in [0.25, 0.3) is 38.9 Å². The summed E-state index contributed by atoms with van der Waals surface area (Å²) in [6.07, 6.45) is 2.06. The third kappa shape index (κ3) is 4.60. The van der Waals surface area contributed by atoms with Crippen molar-refractivity contribution in [1.29, 1.82) is 0 Å². The van der Waals surface area contributed by atoms with Gasteiger partial charge in [-0.1, -0.05) is 76.2 Å². The molecule has 1 aromatic heterocycles. The predicted molar refractivity (Wildman–Crippen MR) is 140 cm³/mol. The molecule has 0 atom stereocenters. The van der Waals surface area contributed by atoms with Crippen molar-refractivity contribution in [3.63, 3.8) is 0 Å². The zero-order valence-corrected chi connectivity index (χ0v) is 22.7. The maximum atomic E-state index is 5.18. The first-order valence-electron chi connectivity index (χ1n) is 12.0. The number of hydrogen-bond acceptors (Lipinski definition) is 1. The van der Waals surface area contributed by atoms with E-state index in [4.69, 9.17) is 4.98 Å². The van der Waals surface area contributed by atoms with E-state index in [9.17, 15) is 0 Å². The van der Waals surface area contributed by atoms with Gasteiger partial charge >= 0.3 is 0 Å². The van der Waals surface area contributed by atoms with Crippen LogP contribution in [0.4, 0.5) is 0 Å². The van der Waals surface area contributed by atoms with Crippen molar-refractivity contribution in [2.75, 3.05) is 0 Å². The molecule has 0 bridgehead atoms. The Kier molecular flexibility index (Phi) is 7.36. The van der Waals surface area contributed by atoms with Crippen LogP contribution < -0.4 is 0 Å². The van der Waals surface area contributed by atoms with Crippen LogP contribution in [-0.4, -0.2) is 9.55 Å². The molecule has 3 heteroatoms. The minimum absolute atomic E-state index is 0. The van der Waals surface area contributed by atoms with Gasteiger partial charge in [0.15, 0.2) is 0 Å². The van der Waals surface area contributed by atoms with Crippen LogP contribution in [0.15, 0.2) is 78.9 Å². The summed E-state index contributed by atoms with van der Waals surface area (Å²) in [7, 11) is 0. The number of para-hydroxylation sites is 1. The van der Waals surface area contributed by atoms with Crippen LogP contribution in [-0.2, 0) is 32.9 Å². The summed E-state index contributed by atoms with van der Waals surface area (Å²) in [6.45, 7) is 9.19. The molecule has 4 aromatic carbocycles. The van der Waals surface area contributed by atoms with Crippen molar-refractivity contribution in [2.45, 2.75) is 40.5 Å². The summed E-state index contributed by atoms with van der Waals surface area (Å²) in [5.41, 5.74) is 7.29. The quantitative estimate of drug-likeness (QED) is 0.175. The molecule has 0 N–H and O–H groups in total. The molecular formula is C31H31IrN2-. The fourth-order valence-corrected chi connectivity index (χ4v) is 4.91. The van der Waals surface area contributed by atoms with Gasteiger partial charge in [-0.2, -0.15) is 0 Å². The number of imidazole rings is 1. The zero-order valence-electron chi connectivity index (χ0n) is 20.3. The standard InChI is InChI=1S/C31H31N2.Ir/c1-21(2)19-25-14-10-15-26(20-22(3)4)29(25)33-30-27-16-9-8-11-23(27)17-18-28(30)32-31(33)24-12-6-5-7-13-24;/h5-12,14-18,21-22H,19-20H2,1-4H3;/q-1;. The SMILES string of the molecule is CC(C)Cc1cccc(CC(C)C)c1-n1c(-c2[c-]cccc2)nc2ccc3ccccc3c21.[Ir]. The fraction of sp³-hybridized carbons (Fsp3) is 0.258. The molecule has 34 heavy (non-hydrogen) atoms. The molecule has 1 radical (unpaired) electrons. The normalized spacial score (nSPS) is 11.5. The smallest absolute Gasteiger partial charge is 0.0781 e. The topological polar surface area (TPSA) is 17.8 Å². The van der Waals surface area contributed by atoms with Crippen molar-refractivity contribution in [3.8, 4) is 17.1 Å². The van der Waals surface area contributed by atoms with Gasteiger partial charge in [-0.3, -0.25) is 4.98 Å². The van der Waals surface area contributed by atoms with E-state index in [1.165, 1.54) is 33.1 Å². The molecule has 0 saturated carbocycles. The van der Waals surface area contributed by atoms with Crippen LogP contribution in [0.2, 0.25) is 0 Å². The van der Waals surface area contributed by atoms with Crippen molar-refractivity contribution < 1.29 is 20.1 Å². The van der Waals surface area contributed by atoms with Gasteiger partial charge in [-0.15, -0.1) is 35.9 Å². The Labute approximate surface area is 216 Å². The molecule has 5 rings (SSSR count). The first-order chi connectivity index (χ1) is 16.0. The second kappa shape index (κ2) is 10.3. The molecule has 0 amide bonds. The number of aromatic nitrogens is 2. The average molecular weight is 624 g/mol. The molecule has 0 aliphatic carbocycles. The van der Waals surface area contributed by atoms with Gasteiger partial charge in [0.2, 0.25) is 0 Å². The minimum atomic E-state index is 0. The molecule has 175 valence electrons. The van der Waals surface area contributed by atoms with E-state index in [2.05, 4.69) is 105 Å². The van der Waals surface area contributed by atoms with E-state index < -0.39 is 0 Å². The van der Waals surface area contributed by atoms with Gasteiger partial charge in [0, 0.05) is 31.2 Å². The van der Waals surface area contributed by atoms with Crippen LogP contribution in [0.5, 0.6) is 0 Å². The van der Waals surface area contributed by atoms with Gasteiger partial charge in [0.1, 0.15) is 0 Å². The molecule has 0 spiro atoms. The van der Waals surface area contributed by atoms with Gasteiger partial charge in [-0.05, 0) is 47.3 Å². The molecular weight excluding hydrogens is 593 g/mol. The Hall–Kier alpha value is -2.74. The largest absolute Gasteiger partial charge is 0.332 e. The van der Waals surface area contributed by atoms with Gasteiger partial charge in [0.05, 0.1) is 16.9 Å². The molecule has 1 heterocycles. The maximum absolute atomic E-state index is 5.18. The fourth-order valence-electron chi connectivity index (χ4n) is 4.91. The van der Waals surface area contributed by atoms with E-state index in [1.54, 1.807) is 0 Å². The third-order valence-corrected chi connectivity index (χ3v) is 6.17. The van der Waals surface area contributed by atoms with Crippen molar-refractivity contribution in [1.82, 2.24) is 9.55 Å². The second-order valence-corrected chi connectivity index (χ2v) is 9.82. The molecule has 0 saturated heterocycles. The monoisotopic (exact) mass is 624 g/mol. The Morgan fingerprint density at radius 2 is 1.44 bits per heavy atom. The number of benzene rings is 4. The van der Waals surface area contributed by atoms with E-state index in [0.717, 1.165) is 29.7 Å². The molecule has 5 aromatic rings. The number of rotatable bonds is 6. The summed E-state index contributed by atoms with van der Waals surface area (Å²) in [5.74, 6) is 2.09.